The van der Waals surface area contributed by atoms with Gasteiger partial charge in [0.25, 0.3) is 0 Å². The molecule has 1 aromatic heterocycles. The van der Waals surface area contributed by atoms with Gasteiger partial charge >= 0.3 is 0 Å². The number of aromatic nitrogens is 2. The van der Waals surface area contributed by atoms with Crippen LogP contribution >= 0.6 is 0 Å². The first-order valence-corrected chi connectivity index (χ1v) is 7.26. The summed E-state index contributed by atoms with van der Waals surface area (Å²) < 4.78 is 7.95. The van der Waals surface area contributed by atoms with Gasteiger partial charge in [0, 0.05) is 31.9 Å². The molecule has 3 heterocycles. The van der Waals surface area contributed by atoms with E-state index < -0.39 is 0 Å². The molecule has 2 saturated heterocycles. The highest BCUT2D eigenvalue weighted by Gasteiger charge is 2.35. The van der Waals surface area contributed by atoms with Gasteiger partial charge in [-0.25, -0.2) is 0 Å². The van der Waals surface area contributed by atoms with Crippen molar-refractivity contribution in [2.24, 2.45) is 7.05 Å². The number of nitrogens with zero attached hydrogens (tertiary/aromatic N) is 3. The normalized spacial score (nSPS) is 29.4. The molecule has 106 valence electrons. The highest BCUT2D eigenvalue weighted by Crippen LogP contribution is 2.24. The number of hydrogen-bond donors (Lipinski definition) is 1. The molecular weight excluding hydrogens is 240 g/mol. The number of hydrogen-bond acceptors (Lipinski definition) is 4. The molecule has 0 saturated carbocycles. The van der Waals surface area contributed by atoms with Crippen molar-refractivity contribution in [1.29, 1.82) is 0 Å². The zero-order valence-corrected chi connectivity index (χ0v) is 11.9. The second-order valence-electron chi connectivity index (χ2n) is 5.78. The standard InChI is InChI=1S/C14H24N4O/c1-15-13(6-11-7-16-17(2)8-11)14-9-18-5-3-4-12(18)10-19-14/h7-8,12-15H,3-6,9-10H2,1-2H3. The summed E-state index contributed by atoms with van der Waals surface area (Å²) in [7, 11) is 3.99. The van der Waals surface area contributed by atoms with Crippen molar-refractivity contribution < 1.29 is 4.74 Å². The Labute approximate surface area is 114 Å². The minimum Gasteiger partial charge on any atom is -0.374 e. The maximum Gasteiger partial charge on any atom is 0.0858 e. The Morgan fingerprint density at radius 1 is 1.58 bits per heavy atom. The second-order valence-corrected chi connectivity index (χ2v) is 5.78. The Balaban J connectivity index is 1.62. The number of likely N-dealkylation sites (N-methyl/N-ethyl adjacent to an activating group) is 1. The van der Waals surface area contributed by atoms with E-state index in [-0.39, 0.29) is 0 Å². The molecule has 0 bridgehead atoms. The van der Waals surface area contributed by atoms with E-state index in [0.717, 1.165) is 19.6 Å². The van der Waals surface area contributed by atoms with Gasteiger partial charge in [-0.15, -0.1) is 0 Å². The Morgan fingerprint density at radius 2 is 2.47 bits per heavy atom. The van der Waals surface area contributed by atoms with E-state index in [1.165, 1.54) is 24.9 Å². The first-order chi connectivity index (χ1) is 9.26. The molecule has 5 nitrogen and oxygen atoms in total. The Kier molecular flexibility index (Phi) is 3.86. The van der Waals surface area contributed by atoms with E-state index in [0.29, 0.717) is 18.2 Å². The molecule has 0 radical (unpaired) electrons. The number of nitrogens with one attached hydrogen (secondary N) is 1. The van der Waals surface area contributed by atoms with Crippen LogP contribution in [0.2, 0.25) is 0 Å². The summed E-state index contributed by atoms with van der Waals surface area (Å²) in [5.74, 6) is 0. The summed E-state index contributed by atoms with van der Waals surface area (Å²) in [5, 5.41) is 7.66. The maximum atomic E-state index is 6.09. The van der Waals surface area contributed by atoms with Crippen LogP contribution in [0.3, 0.4) is 0 Å². The summed E-state index contributed by atoms with van der Waals surface area (Å²) in [6.45, 7) is 3.21. The molecule has 3 unspecified atom stereocenters. The van der Waals surface area contributed by atoms with Gasteiger partial charge in [0.1, 0.15) is 0 Å². The largest absolute Gasteiger partial charge is 0.374 e. The van der Waals surface area contributed by atoms with E-state index in [4.69, 9.17) is 4.74 Å². The average Bonchev–Trinajstić information content (AvgIpc) is 3.03. The molecule has 3 atom stereocenters. The Morgan fingerprint density at radius 3 is 3.21 bits per heavy atom. The zero-order chi connectivity index (χ0) is 13.2. The van der Waals surface area contributed by atoms with Crippen molar-refractivity contribution in [3.05, 3.63) is 18.0 Å². The second kappa shape index (κ2) is 5.61. The lowest BCUT2D eigenvalue weighted by Gasteiger charge is -2.38. The number of fused-ring (bicyclic) bond motifs is 1. The van der Waals surface area contributed by atoms with Crippen molar-refractivity contribution >= 4 is 0 Å². The summed E-state index contributed by atoms with van der Waals surface area (Å²) in [6, 6.07) is 1.04. The van der Waals surface area contributed by atoms with Crippen LogP contribution in [-0.2, 0) is 18.2 Å². The van der Waals surface area contributed by atoms with Gasteiger partial charge in [-0.3, -0.25) is 9.58 Å². The molecule has 0 amide bonds. The van der Waals surface area contributed by atoms with E-state index >= 15 is 0 Å². The van der Waals surface area contributed by atoms with Crippen molar-refractivity contribution in [3.8, 4) is 0 Å². The average molecular weight is 264 g/mol. The minimum absolute atomic E-state index is 0.291. The van der Waals surface area contributed by atoms with Crippen LogP contribution < -0.4 is 5.32 Å². The molecule has 2 aliphatic heterocycles. The SMILES string of the molecule is CNC(Cc1cnn(C)c1)C1CN2CCCC2CO1. The van der Waals surface area contributed by atoms with Gasteiger partial charge in [-0.1, -0.05) is 0 Å². The fourth-order valence-corrected chi connectivity index (χ4v) is 3.34. The quantitative estimate of drug-likeness (QED) is 0.855. The fourth-order valence-electron chi connectivity index (χ4n) is 3.34. The van der Waals surface area contributed by atoms with Crippen LogP contribution in [0.25, 0.3) is 0 Å². The van der Waals surface area contributed by atoms with Gasteiger partial charge in [0.05, 0.1) is 18.9 Å². The van der Waals surface area contributed by atoms with Gasteiger partial charge in [-0.2, -0.15) is 5.10 Å². The van der Waals surface area contributed by atoms with Crippen molar-refractivity contribution in [1.82, 2.24) is 20.0 Å². The predicted octanol–water partition coefficient (Wildman–Crippen LogP) is 0.414. The molecule has 1 aromatic rings. The van der Waals surface area contributed by atoms with E-state index in [9.17, 15) is 0 Å². The predicted molar refractivity (Wildman–Crippen MR) is 74.1 cm³/mol. The molecule has 0 spiro atoms. The van der Waals surface area contributed by atoms with Gasteiger partial charge in [0.15, 0.2) is 0 Å². The summed E-state index contributed by atoms with van der Waals surface area (Å²) >= 11 is 0. The topological polar surface area (TPSA) is 42.3 Å². The summed E-state index contributed by atoms with van der Waals surface area (Å²) in [5.41, 5.74) is 1.27. The third kappa shape index (κ3) is 2.83. The number of ether oxygens (including phenoxy) is 1. The molecule has 0 aromatic carbocycles. The Hall–Kier alpha value is -0.910. The first kappa shape index (κ1) is 13.1. The third-order valence-electron chi connectivity index (χ3n) is 4.45. The number of morpholine rings is 1. The summed E-state index contributed by atoms with van der Waals surface area (Å²) in [4.78, 5) is 2.60. The molecule has 1 N–H and O–H groups in total. The molecule has 3 rings (SSSR count). The summed E-state index contributed by atoms with van der Waals surface area (Å²) in [6.07, 6.45) is 7.94. The fraction of sp³-hybridized carbons (Fsp3) is 0.786. The van der Waals surface area contributed by atoms with Crippen LogP contribution in [0.1, 0.15) is 18.4 Å². The monoisotopic (exact) mass is 264 g/mol. The highest BCUT2D eigenvalue weighted by atomic mass is 16.5. The van der Waals surface area contributed by atoms with Crippen LogP contribution in [0.5, 0.6) is 0 Å². The van der Waals surface area contributed by atoms with E-state index in [1.807, 2.05) is 25.0 Å². The van der Waals surface area contributed by atoms with Crippen molar-refractivity contribution in [3.63, 3.8) is 0 Å². The lowest BCUT2D eigenvalue weighted by atomic mass is 10.0. The van der Waals surface area contributed by atoms with Crippen LogP contribution in [0.4, 0.5) is 0 Å². The Bertz CT molecular complexity index is 419. The smallest absolute Gasteiger partial charge is 0.0858 e. The van der Waals surface area contributed by atoms with Crippen LogP contribution in [0.15, 0.2) is 12.4 Å². The van der Waals surface area contributed by atoms with E-state index in [2.05, 4.69) is 21.5 Å². The van der Waals surface area contributed by atoms with Crippen molar-refractivity contribution in [2.75, 3.05) is 26.7 Å². The molecule has 19 heavy (non-hydrogen) atoms. The molecular formula is C14H24N4O. The molecule has 2 fully saturated rings. The lowest BCUT2D eigenvalue weighted by Crippen LogP contribution is -2.54. The zero-order valence-electron chi connectivity index (χ0n) is 11.9. The number of aryl methyl sites for hydroxylation is 1. The van der Waals surface area contributed by atoms with Gasteiger partial charge in [-0.05, 0) is 38.4 Å². The lowest BCUT2D eigenvalue weighted by molar-refractivity contribution is -0.0634. The minimum atomic E-state index is 0.291. The molecule has 2 aliphatic rings. The third-order valence-corrected chi connectivity index (χ3v) is 4.45. The molecule has 0 aliphatic carbocycles. The van der Waals surface area contributed by atoms with E-state index in [1.54, 1.807) is 0 Å². The highest BCUT2D eigenvalue weighted by molar-refractivity contribution is 5.07. The van der Waals surface area contributed by atoms with Gasteiger partial charge in [0.2, 0.25) is 0 Å². The van der Waals surface area contributed by atoms with Gasteiger partial charge < -0.3 is 10.1 Å². The number of rotatable bonds is 4. The van der Waals surface area contributed by atoms with Crippen LogP contribution in [-0.4, -0.2) is 59.6 Å². The first-order valence-electron chi connectivity index (χ1n) is 7.26. The molecule has 5 heteroatoms. The van der Waals surface area contributed by atoms with Crippen molar-refractivity contribution in [2.45, 2.75) is 37.5 Å². The maximum absolute atomic E-state index is 6.09. The van der Waals surface area contributed by atoms with Crippen LogP contribution in [0, 0.1) is 0 Å².